The Bertz CT molecular complexity index is 151. The fourth-order valence-electron chi connectivity index (χ4n) is 0.282. The van der Waals surface area contributed by atoms with Gasteiger partial charge in [0.1, 0.15) is 0 Å². The Morgan fingerprint density at radius 2 is 2.00 bits per heavy atom. The van der Waals surface area contributed by atoms with E-state index in [0.29, 0.717) is 0 Å². The van der Waals surface area contributed by atoms with E-state index in [-0.39, 0.29) is 12.5 Å². The zero-order valence-corrected chi connectivity index (χ0v) is 5.32. The third-order valence-corrected chi connectivity index (χ3v) is 0.775. The fourth-order valence-corrected chi connectivity index (χ4v) is 0.282. The number of aliphatic imine (C=N–C) groups is 1. The Hall–Kier alpha value is -1.30. The van der Waals surface area contributed by atoms with Crippen molar-refractivity contribution in [3.05, 3.63) is 0 Å². The summed E-state index contributed by atoms with van der Waals surface area (Å²) in [5.41, 5.74) is 14.5. The molecule has 1 unspecified atom stereocenters. The normalized spacial score (nSPS) is 12.1. The third kappa shape index (κ3) is 3.67. The van der Waals surface area contributed by atoms with Gasteiger partial charge in [-0.3, -0.25) is 9.79 Å². The van der Waals surface area contributed by atoms with E-state index in [2.05, 4.69) is 10.7 Å². The maximum absolute atomic E-state index is 10.1. The molecule has 0 aliphatic rings. The molecule has 0 aromatic heterocycles. The molecular formula is C4H10N4O2. The largest absolute Gasteiger partial charge is 0.381 e. The average molecular weight is 146 g/mol. The van der Waals surface area contributed by atoms with Gasteiger partial charge < -0.3 is 22.3 Å². The number of aliphatic hydroxyl groups excluding tert-OH is 1. The van der Waals surface area contributed by atoms with Crippen molar-refractivity contribution in [1.82, 2.24) is 0 Å². The van der Waals surface area contributed by atoms with E-state index in [0.717, 1.165) is 0 Å². The molecule has 1 atom stereocenters. The number of hydrogen-bond acceptors (Lipinski definition) is 3. The van der Waals surface area contributed by atoms with E-state index in [9.17, 15) is 4.79 Å². The first-order valence-electron chi connectivity index (χ1n) is 2.57. The molecule has 0 saturated heterocycles. The lowest BCUT2D eigenvalue weighted by molar-refractivity contribution is -0.125. The summed E-state index contributed by atoms with van der Waals surface area (Å²) in [5.74, 6) is -1.02. The van der Waals surface area contributed by atoms with Gasteiger partial charge in [-0.05, 0) is 0 Å². The first-order chi connectivity index (χ1) is 4.54. The molecule has 0 spiro atoms. The lowest BCUT2D eigenvalue weighted by Crippen LogP contribution is -2.32. The summed E-state index contributed by atoms with van der Waals surface area (Å²) in [4.78, 5) is 13.5. The van der Waals surface area contributed by atoms with E-state index in [1.807, 2.05) is 0 Å². The van der Waals surface area contributed by atoms with Gasteiger partial charge in [0, 0.05) is 0 Å². The van der Waals surface area contributed by atoms with Crippen molar-refractivity contribution in [2.24, 2.45) is 22.2 Å². The SMILES string of the molecule is NC(=O)C(O)CN=C(N)N. The molecule has 58 valence electrons. The average Bonchev–Trinajstić information content (AvgIpc) is 1.82. The van der Waals surface area contributed by atoms with Gasteiger partial charge in [0.2, 0.25) is 5.91 Å². The number of aliphatic hydroxyl groups is 1. The number of carbonyl (C=O) groups excluding carboxylic acids is 1. The van der Waals surface area contributed by atoms with Gasteiger partial charge in [0.25, 0.3) is 0 Å². The topological polar surface area (TPSA) is 128 Å². The van der Waals surface area contributed by atoms with Gasteiger partial charge in [-0.1, -0.05) is 0 Å². The smallest absolute Gasteiger partial charge is 0.248 e. The second-order valence-corrected chi connectivity index (χ2v) is 1.68. The van der Waals surface area contributed by atoms with Gasteiger partial charge in [0.05, 0.1) is 6.54 Å². The molecule has 0 saturated carbocycles. The number of nitrogens with two attached hydrogens (primary N) is 3. The highest BCUT2D eigenvalue weighted by molar-refractivity contribution is 5.80. The highest BCUT2D eigenvalue weighted by Gasteiger charge is 2.08. The van der Waals surface area contributed by atoms with Crippen molar-refractivity contribution in [2.45, 2.75) is 6.10 Å². The standard InChI is InChI=1S/C4H10N4O2/c5-3(10)2(9)1-8-4(6)7/h2,9H,1H2,(H2,5,10)(H4,6,7,8). The molecule has 10 heavy (non-hydrogen) atoms. The minimum absolute atomic E-state index is 0.180. The molecule has 6 nitrogen and oxygen atoms in total. The van der Waals surface area contributed by atoms with Crippen LogP contribution in [0.5, 0.6) is 0 Å². The Morgan fingerprint density at radius 1 is 1.50 bits per heavy atom. The molecule has 6 heteroatoms. The van der Waals surface area contributed by atoms with E-state index >= 15 is 0 Å². The van der Waals surface area contributed by atoms with Crippen LogP contribution in [0, 0.1) is 0 Å². The number of carbonyl (C=O) groups is 1. The van der Waals surface area contributed by atoms with Crippen LogP contribution in [-0.4, -0.2) is 29.6 Å². The van der Waals surface area contributed by atoms with Gasteiger partial charge in [0.15, 0.2) is 12.1 Å². The summed E-state index contributed by atoms with van der Waals surface area (Å²) >= 11 is 0. The van der Waals surface area contributed by atoms with Crippen LogP contribution >= 0.6 is 0 Å². The van der Waals surface area contributed by atoms with Crippen molar-refractivity contribution in [1.29, 1.82) is 0 Å². The maximum atomic E-state index is 10.1. The lowest BCUT2D eigenvalue weighted by atomic mass is 10.3. The molecule has 7 N–H and O–H groups in total. The van der Waals surface area contributed by atoms with Crippen molar-refractivity contribution < 1.29 is 9.90 Å². The number of hydrogen-bond donors (Lipinski definition) is 4. The van der Waals surface area contributed by atoms with E-state index in [4.69, 9.17) is 16.6 Å². The number of nitrogens with zero attached hydrogens (tertiary/aromatic N) is 1. The predicted molar refractivity (Wildman–Crippen MR) is 35.9 cm³/mol. The number of primary amides is 1. The molecule has 0 aliphatic carbocycles. The Morgan fingerprint density at radius 3 is 2.30 bits per heavy atom. The van der Waals surface area contributed by atoms with Crippen LogP contribution in [0.3, 0.4) is 0 Å². The van der Waals surface area contributed by atoms with Crippen molar-refractivity contribution >= 4 is 11.9 Å². The van der Waals surface area contributed by atoms with E-state index < -0.39 is 12.0 Å². The van der Waals surface area contributed by atoms with Crippen LogP contribution in [-0.2, 0) is 4.79 Å². The van der Waals surface area contributed by atoms with Gasteiger partial charge in [-0.15, -0.1) is 0 Å². The lowest BCUT2D eigenvalue weighted by Gasteiger charge is -2.00. The van der Waals surface area contributed by atoms with Gasteiger partial charge in [-0.25, -0.2) is 0 Å². The zero-order chi connectivity index (χ0) is 8.15. The molecule has 0 heterocycles. The minimum Gasteiger partial charge on any atom is -0.381 e. The summed E-state index contributed by atoms with van der Waals surface area (Å²) in [5, 5.41) is 8.68. The monoisotopic (exact) mass is 146 g/mol. The van der Waals surface area contributed by atoms with Crippen molar-refractivity contribution in [2.75, 3.05) is 6.54 Å². The first kappa shape index (κ1) is 8.70. The number of rotatable bonds is 3. The molecule has 0 bridgehead atoms. The molecule has 0 aromatic carbocycles. The summed E-state index contributed by atoms with van der Waals surface area (Å²) < 4.78 is 0. The van der Waals surface area contributed by atoms with Crippen molar-refractivity contribution in [3.8, 4) is 0 Å². The summed E-state index contributed by atoms with van der Waals surface area (Å²) in [6.07, 6.45) is -1.30. The summed E-state index contributed by atoms with van der Waals surface area (Å²) in [7, 11) is 0. The van der Waals surface area contributed by atoms with Gasteiger partial charge >= 0.3 is 0 Å². The Balaban J connectivity index is 3.70. The summed E-state index contributed by atoms with van der Waals surface area (Å²) in [6.45, 7) is -0.183. The van der Waals surface area contributed by atoms with Crippen LogP contribution in [0.25, 0.3) is 0 Å². The molecular weight excluding hydrogens is 136 g/mol. The number of guanidine groups is 1. The second kappa shape index (κ2) is 3.67. The van der Waals surface area contributed by atoms with E-state index in [1.165, 1.54) is 0 Å². The molecule has 0 rings (SSSR count). The minimum atomic E-state index is -1.30. The Labute approximate surface area is 57.7 Å². The quantitative estimate of drug-likeness (QED) is 0.251. The molecule has 0 aliphatic heterocycles. The molecule has 0 radical (unpaired) electrons. The van der Waals surface area contributed by atoms with Crippen LogP contribution < -0.4 is 17.2 Å². The predicted octanol–water partition coefficient (Wildman–Crippen LogP) is -2.89. The molecule has 1 amide bonds. The number of amides is 1. The Kier molecular flexibility index (Phi) is 3.20. The van der Waals surface area contributed by atoms with Crippen molar-refractivity contribution in [3.63, 3.8) is 0 Å². The fraction of sp³-hybridized carbons (Fsp3) is 0.500. The maximum Gasteiger partial charge on any atom is 0.248 e. The zero-order valence-electron chi connectivity index (χ0n) is 5.32. The van der Waals surface area contributed by atoms with Crippen LogP contribution in [0.15, 0.2) is 4.99 Å². The van der Waals surface area contributed by atoms with Crippen LogP contribution in [0.4, 0.5) is 0 Å². The highest BCUT2D eigenvalue weighted by atomic mass is 16.3. The third-order valence-electron chi connectivity index (χ3n) is 0.775. The second-order valence-electron chi connectivity index (χ2n) is 1.68. The molecule has 0 fully saturated rings. The van der Waals surface area contributed by atoms with E-state index in [1.54, 1.807) is 0 Å². The first-order valence-corrected chi connectivity index (χ1v) is 2.57. The summed E-state index contributed by atoms with van der Waals surface area (Å²) in [6, 6.07) is 0. The van der Waals surface area contributed by atoms with Crippen LogP contribution in [0.2, 0.25) is 0 Å². The highest BCUT2D eigenvalue weighted by Crippen LogP contribution is 1.80. The van der Waals surface area contributed by atoms with Gasteiger partial charge in [-0.2, -0.15) is 0 Å². The molecule has 0 aromatic rings. The van der Waals surface area contributed by atoms with Crippen LogP contribution in [0.1, 0.15) is 0 Å².